The fraction of sp³-hybridized carbons (Fsp3) is 0.208. The number of hydrogen-bond donors (Lipinski definition) is 1. The lowest BCUT2D eigenvalue weighted by Crippen LogP contribution is -2.36. The molecule has 3 aromatic rings. The summed E-state index contributed by atoms with van der Waals surface area (Å²) in [6.07, 6.45) is 2.99. The molecular formula is C24H25N5O3S. The highest BCUT2D eigenvalue weighted by atomic mass is 32.2. The molecule has 33 heavy (non-hydrogen) atoms. The van der Waals surface area contributed by atoms with Crippen molar-refractivity contribution in [3.63, 3.8) is 0 Å². The van der Waals surface area contributed by atoms with Crippen LogP contribution in [0, 0.1) is 11.3 Å². The summed E-state index contributed by atoms with van der Waals surface area (Å²) in [5, 5.41) is 8.98. The van der Waals surface area contributed by atoms with Gasteiger partial charge in [0.2, 0.25) is 0 Å². The quantitative estimate of drug-likeness (QED) is 0.523. The Bertz CT molecular complexity index is 1220. The highest BCUT2D eigenvalue weighted by molar-refractivity contribution is 7.92. The van der Waals surface area contributed by atoms with Crippen molar-refractivity contribution in [2.45, 2.75) is 11.4 Å². The molecular weight excluding hydrogens is 438 g/mol. The maximum Gasteiger partial charge on any atom is 0.261 e. The van der Waals surface area contributed by atoms with Crippen LogP contribution in [-0.4, -0.2) is 56.3 Å². The first-order chi connectivity index (χ1) is 15.8. The van der Waals surface area contributed by atoms with E-state index in [4.69, 9.17) is 5.26 Å². The van der Waals surface area contributed by atoms with Gasteiger partial charge in [-0.3, -0.25) is 14.5 Å². The summed E-state index contributed by atoms with van der Waals surface area (Å²) in [5.41, 5.74) is 2.26. The number of nitriles is 1. The molecule has 1 aromatic heterocycles. The Morgan fingerprint density at radius 1 is 0.970 bits per heavy atom. The maximum absolute atomic E-state index is 13.2. The summed E-state index contributed by atoms with van der Waals surface area (Å²) < 4.78 is 27.8. The maximum atomic E-state index is 13.2. The topological polar surface area (TPSA) is 106 Å². The summed E-state index contributed by atoms with van der Waals surface area (Å²) in [6.45, 7) is 1.54. The van der Waals surface area contributed by atoms with Gasteiger partial charge >= 0.3 is 0 Å². The Labute approximate surface area is 194 Å². The average molecular weight is 464 g/mol. The van der Waals surface area contributed by atoms with E-state index in [-0.39, 0.29) is 10.8 Å². The van der Waals surface area contributed by atoms with E-state index in [9.17, 15) is 13.2 Å². The number of benzene rings is 2. The zero-order valence-electron chi connectivity index (χ0n) is 18.5. The number of anilines is 1. The molecule has 1 amide bonds. The van der Waals surface area contributed by atoms with Crippen LogP contribution < -0.4 is 4.72 Å². The Morgan fingerprint density at radius 2 is 1.61 bits per heavy atom. The van der Waals surface area contributed by atoms with Crippen molar-refractivity contribution < 1.29 is 13.2 Å². The second kappa shape index (κ2) is 10.7. The number of pyridine rings is 1. The van der Waals surface area contributed by atoms with Crippen molar-refractivity contribution in [2.75, 3.05) is 31.9 Å². The number of carbonyl (C=O) groups excluding carboxylic acids is 1. The van der Waals surface area contributed by atoms with Crippen LogP contribution >= 0.6 is 0 Å². The van der Waals surface area contributed by atoms with Crippen LogP contribution in [0.5, 0.6) is 0 Å². The smallest absolute Gasteiger partial charge is 0.261 e. The lowest BCUT2D eigenvalue weighted by atomic mass is 10.1. The van der Waals surface area contributed by atoms with Gasteiger partial charge in [0, 0.05) is 37.6 Å². The van der Waals surface area contributed by atoms with E-state index in [1.807, 2.05) is 31.1 Å². The van der Waals surface area contributed by atoms with Gasteiger partial charge in [-0.05, 0) is 68.2 Å². The summed E-state index contributed by atoms with van der Waals surface area (Å²) in [4.78, 5) is 20.8. The van der Waals surface area contributed by atoms with E-state index in [0.29, 0.717) is 36.4 Å². The van der Waals surface area contributed by atoms with Gasteiger partial charge in [-0.15, -0.1) is 0 Å². The van der Waals surface area contributed by atoms with Crippen molar-refractivity contribution in [3.05, 3.63) is 89.7 Å². The van der Waals surface area contributed by atoms with Gasteiger partial charge in [0.05, 0.1) is 22.2 Å². The largest absolute Gasteiger partial charge is 0.333 e. The minimum absolute atomic E-state index is 0.0581. The Kier molecular flexibility index (Phi) is 7.77. The van der Waals surface area contributed by atoms with Crippen LogP contribution in [0.4, 0.5) is 5.69 Å². The molecule has 0 unspecified atom stereocenters. The first-order valence-corrected chi connectivity index (χ1v) is 11.7. The van der Waals surface area contributed by atoms with E-state index in [1.54, 1.807) is 29.2 Å². The lowest BCUT2D eigenvalue weighted by Gasteiger charge is -2.25. The number of nitrogens with zero attached hydrogens (tertiary/aromatic N) is 4. The third kappa shape index (κ3) is 6.62. The van der Waals surface area contributed by atoms with Gasteiger partial charge in [0.25, 0.3) is 15.9 Å². The molecule has 0 fully saturated rings. The number of carbonyl (C=O) groups is 1. The molecule has 0 aliphatic heterocycles. The van der Waals surface area contributed by atoms with Gasteiger partial charge in [0.1, 0.15) is 0 Å². The molecule has 0 saturated heterocycles. The fourth-order valence-corrected chi connectivity index (χ4v) is 4.13. The molecule has 9 heteroatoms. The third-order valence-electron chi connectivity index (χ3n) is 4.90. The van der Waals surface area contributed by atoms with Crippen LogP contribution in [0.2, 0.25) is 0 Å². The molecule has 1 heterocycles. The normalized spacial score (nSPS) is 11.1. The Morgan fingerprint density at radius 3 is 2.18 bits per heavy atom. The number of hydrogen-bond acceptors (Lipinski definition) is 6. The Hall–Kier alpha value is -3.74. The summed E-state index contributed by atoms with van der Waals surface area (Å²) in [5.74, 6) is -0.202. The second-order valence-corrected chi connectivity index (χ2v) is 9.39. The first kappa shape index (κ1) is 23.9. The molecule has 0 aliphatic rings. The van der Waals surface area contributed by atoms with Crippen molar-refractivity contribution in [1.82, 2.24) is 14.8 Å². The minimum atomic E-state index is -3.79. The number of nitrogens with one attached hydrogen (secondary N) is 1. The van der Waals surface area contributed by atoms with Gasteiger partial charge < -0.3 is 9.80 Å². The lowest BCUT2D eigenvalue weighted by molar-refractivity contribution is 0.0732. The van der Waals surface area contributed by atoms with Crippen molar-refractivity contribution in [3.8, 4) is 6.07 Å². The molecule has 8 nitrogen and oxygen atoms in total. The molecule has 0 bridgehead atoms. The van der Waals surface area contributed by atoms with Crippen molar-refractivity contribution >= 4 is 21.6 Å². The number of amides is 1. The zero-order chi connectivity index (χ0) is 23.8. The summed E-state index contributed by atoms with van der Waals surface area (Å²) in [7, 11) is 0.0724. The molecule has 0 spiro atoms. The molecule has 170 valence electrons. The molecule has 0 atom stereocenters. The van der Waals surface area contributed by atoms with Crippen LogP contribution in [0.15, 0.2) is 78.0 Å². The van der Waals surface area contributed by atoms with Crippen LogP contribution in [0.25, 0.3) is 0 Å². The van der Waals surface area contributed by atoms with Crippen LogP contribution in [0.3, 0.4) is 0 Å². The zero-order valence-corrected chi connectivity index (χ0v) is 19.3. The average Bonchev–Trinajstić information content (AvgIpc) is 2.82. The monoisotopic (exact) mass is 463 g/mol. The van der Waals surface area contributed by atoms with E-state index in [2.05, 4.69) is 15.8 Å². The number of rotatable bonds is 9. The van der Waals surface area contributed by atoms with E-state index >= 15 is 0 Å². The Balaban J connectivity index is 1.78. The van der Waals surface area contributed by atoms with Gasteiger partial charge in [0.15, 0.2) is 0 Å². The SMILES string of the molecule is CN(C)CCN(Cc1ccc(C#N)cc1)C(=O)c1ccc(S(=O)(=O)Nc2ccncc2)cc1. The van der Waals surface area contributed by atoms with E-state index in [0.717, 1.165) is 5.56 Å². The highest BCUT2D eigenvalue weighted by Gasteiger charge is 2.19. The molecule has 0 aliphatic carbocycles. The predicted molar refractivity (Wildman–Crippen MR) is 126 cm³/mol. The van der Waals surface area contributed by atoms with Crippen LogP contribution in [-0.2, 0) is 16.6 Å². The fourth-order valence-electron chi connectivity index (χ4n) is 3.07. The van der Waals surface area contributed by atoms with E-state index in [1.165, 1.54) is 36.7 Å². The van der Waals surface area contributed by atoms with Crippen LogP contribution in [0.1, 0.15) is 21.5 Å². The molecule has 3 rings (SSSR count). The number of sulfonamides is 1. The van der Waals surface area contributed by atoms with E-state index < -0.39 is 10.0 Å². The second-order valence-electron chi connectivity index (χ2n) is 7.70. The predicted octanol–water partition coefficient (Wildman–Crippen LogP) is 2.96. The third-order valence-corrected chi connectivity index (χ3v) is 6.30. The summed E-state index contributed by atoms with van der Waals surface area (Å²) in [6, 6.07) is 18.2. The highest BCUT2D eigenvalue weighted by Crippen LogP contribution is 2.18. The van der Waals surface area contributed by atoms with Gasteiger partial charge in [-0.2, -0.15) is 5.26 Å². The minimum Gasteiger partial charge on any atom is -0.333 e. The van der Waals surface area contributed by atoms with Gasteiger partial charge in [-0.1, -0.05) is 12.1 Å². The molecule has 0 radical (unpaired) electrons. The molecule has 1 N–H and O–H groups in total. The first-order valence-electron chi connectivity index (χ1n) is 10.2. The number of aromatic nitrogens is 1. The number of likely N-dealkylation sites (N-methyl/N-ethyl adjacent to an activating group) is 1. The van der Waals surface area contributed by atoms with Crippen molar-refractivity contribution in [1.29, 1.82) is 5.26 Å². The molecule has 2 aromatic carbocycles. The van der Waals surface area contributed by atoms with Gasteiger partial charge in [-0.25, -0.2) is 8.42 Å². The standard InChI is InChI=1S/C24H25N5O3S/c1-28(2)15-16-29(18-20-5-3-19(17-25)4-6-20)24(30)21-7-9-23(10-8-21)33(31,32)27-22-11-13-26-14-12-22/h3-14H,15-16,18H2,1-2H3,(H,26,27). The summed E-state index contributed by atoms with van der Waals surface area (Å²) >= 11 is 0. The van der Waals surface area contributed by atoms with Crippen molar-refractivity contribution in [2.24, 2.45) is 0 Å². The molecule has 0 saturated carbocycles.